The molecule has 3 aromatic rings. The minimum absolute atomic E-state index is 0.0520. The van der Waals surface area contributed by atoms with Crippen LogP contribution in [0.15, 0.2) is 53.1 Å². The number of ether oxygens (including phenoxy) is 3. The molecule has 0 radical (unpaired) electrons. The molecule has 1 atom stereocenters. The van der Waals surface area contributed by atoms with Gasteiger partial charge in [-0.15, -0.1) is 0 Å². The lowest BCUT2D eigenvalue weighted by atomic mass is 9.98. The normalized spacial score (nSPS) is 14.2. The van der Waals surface area contributed by atoms with E-state index in [2.05, 4.69) is 5.32 Å². The molecule has 37 heavy (non-hydrogen) atoms. The molecule has 1 aliphatic carbocycles. The number of furan rings is 1. The molecular weight excluding hydrogens is 472 g/mol. The van der Waals surface area contributed by atoms with Gasteiger partial charge < -0.3 is 23.9 Å². The Morgan fingerprint density at radius 2 is 1.65 bits per heavy atom. The number of nitrogens with one attached hydrogen (secondary N) is 1. The second kappa shape index (κ2) is 11.4. The second-order valence-electron chi connectivity index (χ2n) is 9.22. The van der Waals surface area contributed by atoms with E-state index in [-0.39, 0.29) is 17.7 Å². The average molecular weight is 507 g/mol. The van der Waals surface area contributed by atoms with Gasteiger partial charge in [0, 0.05) is 11.7 Å². The van der Waals surface area contributed by atoms with Crippen LogP contribution in [0.3, 0.4) is 0 Å². The fraction of sp³-hybridized carbons (Fsp3) is 0.379. The monoisotopic (exact) mass is 506 g/mol. The highest BCUT2D eigenvalue weighted by atomic mass is 16.5. The molecule has 196 valence electrons. The Morgan fingerprint density at radius 3 is 2.22 bits per heavy atom. The minimum Gasteiger partial charge on any atom is -0.493 e. The average Bonchev–Trinajstić information content (AvgIpc) is 3.62. The van der Waals surface area contributed by atoms with Gasteiger partial charge in [0.05, 0.1) is 27.6 Å². The molecule has 1 heterocycles. The van der Waals surface area contributed by atoms with Gasteiger partial charge in [0.15, 0.2) is 17.3 Å². The van der Waals surface area contributed by atoms with Gasteiger partial charge in [-0.25, -0.2) is 0 Å². The first-order chi connectivity index (χ1) is 17.9. The van der Waals surface area contributed by atoms with E-state index >= 15 is 0 Å². The zero-order valence-electron chi connectivity index (χ0n) is 22.0. The van der Waals surface area contributed by atoms with Gasteiger partial charge in [0.25, 0.3) is 5.91 Å². The van der Waals surface area contributed by atoms with Crippen LogP contribution >= 0.6 is 0 Å². The molecule has 8 heteroatoms. The Kier molecular flexibility index (Phi) is 8.06. The third-order valence-electron chi connectivity index (χ3n) is 7.00. The zero-order valence-corrected chi connectivity index (χ0v) is 22.0. The van der Waals surface area contributed by atoms with Crippen molar-refractivity contribution in [1.82, 2.24) is 5.32 Å². The fourth-order valence-corrected chi connectivity index (χ4v) is 4.91. The number of methoxy groups -OCH3 is 3. The largest absolute Gasteiger partial charge is 0.493 e. The predicted octanol–water partition coefficient (Wildman–Crippen LogP) is 5.37. The van der Waals surface area contributed by atoms with Crippen molar-refractivity contribution in [2.24, 2.45) is 0 Å². The number of nitrogens with zero attached hydrogens (tertiary/aromatic N) is 1. The first-order valence-corrected chi connectivity index (χ1v) is 12.4. The van der Waals surface area contributed by atoms with E-state index in [0.717, 1.165) is 36.8 Å². The summed E-state index contributed by atoms with van der Waals surface area (Å²) in [6.45, 7) is 3.91. The predicted molar refractivity (Wildman–Crippen MR) is 141 cm³/mol. The number of aryl methyl sites for hydroxylation is 1. The highest BCUT2D eigenvalue weighted by Crippen LogP contribution is 2.42. The van der Waals surface area contributed by atoms with Crippen molar-refractivity contribution in [3.05, 3.63) is 71.2 Å². The van der Waals surface area contributed by atoms with Crippen molar-refractivity contribution in [3.63, 3.8) is 0 Å². The molecule has 2 aromatic carbocycles. The minimum atomic E-state index is -1.03. The van der Waals surface area contributed by atoms with Gasteiger partial charge >= 0.3 is 0 Å². The molecule has 0 unspecified atom stereocenters. The summed E-state index contributed by atoms with van der Waals surface area (Å²) in [7, 11) is 4.56. The third-order valence-corrected chi connectivity index (χ3v) is 7.00. The van der Waals surface area contributed by atoms with Crippen LogP contribution in [0.2, 0.25) is 0 Å². The van der Waals surface area contributed by atoms with E-state index in [1.807, 2.05) is 32.0 Å². The molecule has 4 rings (SSSR count). The van der Waals surface area contributed by atoms with Crippen LogP contribution in [0.1, 0.15) is 59.0 Å². The van der Waals surface area contributed by atoms with Crippen LogP contribution in [-0.4, -0.2) is 39.2 Å². The summed E-state index contributed by atoms with van der Waals surface area (Å²) in [6.07, 6.45) is 5.38. The molecular formula is C29H34N2O6. The molecule has 0 aliphatic heterocycles. The quantitative estimate of drug-likeness (QED) is 0.420. The number of hydrogen-bond donors (Lipinski definition) is 1. The maximum absolute atomic E-state index is 14.1. The lowest BCUT2D eigenvalue weighted by molar-refractivity contribution is -0.123. The van der Waals surface area contributed by atoms with E-state index in [4.69, 9.17) is 18.6 Å². The molecule has 2 amide bonds. The van der Waals surface area contributed by atoms with Crippen LogP contribution in [0.5, 0.6) is 17.2 Å². The summed E-state index contributed by atoms with van der Waals surface area (Å²) in [5.41, 5.74) is 3.01. The van der Waals surface area contributed by atoms with Crippen molar-refractivity contribution in [1.29, 1.82) is 0 Å². The lowest BCUT2D eigenvalue weighted by Crippen LogP contribution is -2.46. The molecule has 1 aliphatic rings. The topological polar surface area (TPSA) is 90.2 Å². The molecule has 0 bridgehead atoms. The summed E-state index contributed by atoms with van der Waals surface area (Å²) in [5, 5.41) is 3.19. The number of hydrogen-bond acceptors (Lipinski definition) is 6. The van der Waals surface area contributed by atoms with Crippen molar-refractivity contribution in [3.8, 4) is 17.2 Å². The van der Waals surface area contributed by atoms with Gasteiger partial charge in [-0.1, -0.05) is 25.0 Å². The van der Waals surface area contributed by atoms with Crippen LogP contribution < -0.4 is 24.4 Å². The number of carbonyl (C=O) groups excluding carboxylic acids is 2. The first kappa shape index (κ1) is 26.1. The first-order valence-electron chi connectivity index (χ1n) is 12.4. The maximum atomic E-state index is 14.1. The second-order valence-corrected chi connectivity index (χ2v) is 9.22. The molecule has 1 fully saturated rings. The Labute approximate surface area is 217 Å². The highest BCUT2D eigenvalue weighted by Gasteiger charge is 2.37. The Balaban J connectivity index is 1.94. The van der Waals surface area contributed by atoms with Crippen molar-refractivity contribution < 1.29 is 28.2 Å². The molecule has 1 saturated carbocycles. The van der Waals surface area contributed by atoms with Crippen LogP contribution in [0, 0.1) is 13.8 Å². The highest BCUT2D eigenvalue weighted by molar-refractivity contribution is 6.09. The van der Waals surface area contributed by atoms with Crippen LogP contribution in [0.25, 0.3) is 0 Å². The van der Waals surface area contributed by atoms with Crippen molar-refractivity contribution >= 4 is 17.5 Å². The van der Waals surface area contributed by atoms with Crippen molar-refractivity contribution in [2.75, 3.05) is 26.2 Å². The standard InChI is InChI=1S/C29H34N2O6/c1-18-10-8-13-22(19(18)2)31(29(33)23-14-9-15-37-23)26(28(32)30-21-11-6-7-12-21)20-16-24(34-3)27(36-5)25(17-20)35-4/h8-10,13-17,21,26H,6-7,11-12H2,1-5H3,(H,30,32)/t26-/m1/s1. The van der Waals surface area contributed by atoms with Crippen LogP contribution in [0.4, 0.5) is 5.69 Å². The number of anilines is 1. The van der Waals surface area contributed by atoms with E-state index < -0.39 is 11.9 Å². The molecule has 1 N–H and O–H groups in total. The van der Waals surface area contributed by atoms with E-state index in [0.29, 0.717) is 28.5 Å². The summed E-state index contributed by atoms with van der Waals surface area (Å²) in [5.74, 6) is 0.594. The SMILES string of the molecule is COc1cc([C@H](C(=O)NC2CCCC2)N(C(=O)c2ccco2)c2cccc(C)c2C)cc(OC)c1OC. The van der Waals surface area contributed by atoms with E-state index in [9.17, 15) is 9.59 Å². The summed E-state index contributed by atoms with van der Waals surface area (Å²) >= 11 is 0. The Morgan fingerprint density at radius 1 is 0.973 bits per heavy atom. The number of carbonyl (C=O) groups is 2. The summed E-state index contributed by atoms with van der Waals surface area (Å²) < 4.78 is 22.2. The fourth-order valence-electron chi connectivity index (χ4n) is 4.91. The number of benzene rings is 2. The Hall–Kier alpha value is -3.94. The molecule has 1 aromatic heterocycles. The molecule has 0 spiro atoms. The van der Waals surface area contributed by atoms with Crippen LogP contribution in [-0.2, 0) is 4.79 Å². The van der Waals surface area contributed by atoms with Gasteiger partial charge in [0.2, 0.25) is 11.7 Å². The van der Waals surface area contributed by atoms with Gasteiger partial charge in [-0.05, 0) is 73.7 Å². The summed E-state index contributed by atoms with van der Waals surface area (Å²) in [4.78, 5) is 29.6. The molecule has 8 nitrogen and oxygen atoms in total. The smallest absolute Gasteiger partial charge is 0.294 e. The lowest BCUT2D eigenvalue weighted by Gasteiger charge is -2.33. The van der Waals surface area contributed by atoms with Gasteiger partial charge in [0.1, 0.15) is 6.04 Å². The number of amides is 2. The van der Waals surface area contributed by atoms with Crippen molar-refractivity contribution in [2.45, 2.75) is 51.6 Å². The summed E-state index contributed by atoms with van der Waals surface area (Å²) in [6, 6.07) is 11.4. The molecule has 0 saturated heterocycles. The van der Waals surface area contributed by atoms with Gasteiger partial charge in [-0.3, -0.25) is 14.5 Å². The van der Waals surface area contributed by atoms with E-state index in [1.54, 1.807) is 24.3 Å². The maximum Gasteiger partial charge on any atom is 0.294 e. The van der Waals surface area contributed by atoms with E-state index in [1.165, 1.54) is 32.5 Å². The number of rotatable bonds is 9. The van der Waals surface area contributed by atoms with Gasteiger partial charge in [-0.2, -0.15) is 0 Å². The Bertz CT molecular complexity index is 1220. The zero-order chi connectivity index (χ0) is 26.5. The third kappa shape index (κ3) is 5.28.